The van der Waals surface area contributed by atoms with Gasteiger partial charge >= 0.3 is 6.03 Å². The van der Waals surface area contributed by atoms with Crippen LogP contribution in [0.1, 0.15) is 45.4 Å². The molecule has 174 valence electrons. The quantitative estimate of drug-likeness (QED) is 0.395. The summed E-state index contributed by atoms with van der Waals surface area (Å²) in [6.45, 7) is 7.71. The van der Waals surface area contributed by atoms with Crippen molar-refractivity contribution in [1.29, 1.82) is 0 Å². The van der Waals surface area contributed by atoms with E-state index in [9.17, 15) is 9.59 Å². The number of amides is 2. The molecule has 32 heavy (non-hydrogen) atoms. The number of ketones is 1. The molecular weight excluding hydrogens is 404 g/mol. The van der Waals surface area contributed by atoms with Gasteiger partial charge in [0.05, 0.1) is 20.8 Å². The number of allylic oxidation sites excluding steroid dienone is 5. The summed E-state index contributed by atoms with van der Waals surface area (Å²) in [7, 11) is 3.29. The minimum Gasteiger partial charge on any atom is -0.497 e. The van der Waals surface area contributed by atoms with Gasteiger partial charge in [0.2, 0.25) is 0 Å². The minimum absolute atomic E-state index is 0.00783. The summed E-state index contributed by atoms with van der Waals surface area (Å²) in [4.78, 5) is 28.5. The zero-order valence-electron chi connectivity index (χ0n) is 19.6. The molecule has 2 unspecified atom stereocenters. The normalized spacial score (nSPS) is 25.0. The van der Waals surface area contributed by atoms with Gasteiger partial charge in [-0.1, -0.05) is 12.7 Å². The molecule has 0 radical (unpaired) electrons. The van der Waals surface area contributed by atoms with E-state index in [1.165, 1.54) is 0 Å². The molecule has 1 saturated heterocycles. The molecule has 6 nitrogen and oxygen atoms in total. The molecule has 2 aliphatic carbocycles. The fraction of sp³-hybridized carbons (Fsp3) is 0.538. The molecule has 3 aliphatic rings. The first-order valence-electron chi connectivity index (χ1n) is 11.5. The second-order valence-corrected chi connectivity index (χ2v) is 8.87. The topological polar surface area (TPSA) is 59.1 Å². The number of nitrogens with zero attached hydrogens (tertiary/aromatic N) is 2. The summed E-state index contributed by atoms with van der Waals surface area (Å²) in [5, 5.41) is 0. The number of Topliss-reactive ketones (excluding diaryl/α,β-unsaturated/α-hetero) is 1. The zero-order valence-corrected chi connectivity index (χ0v) is 19.6. The Bertz CT molecular complexity index is 852. The van der Waals surface area contributed by atoms with E-state index in [-0.39, 0.29) is 6.03 Å². The second kappa shape index (κ2) is 11.2. The van der Waals surface area contributed by atoms with Gasteiger partial charge in [-0.25, -0.2) is 4.79 Å². The van der Waals surface area contributed by atoms with Crippen LogP contribution < -0.4 is 0 Å². The van der Waals surface area contributed by atoms with E-state index in [2.05, 4.69) is 18.7 Å². The fourth-order valence-corrected chi connectivity index (χ4v) is 4.76. The van der Waals surface area contributed by atoms with Crippen LogP contribution in [0.25, 0.3) is 0 Å². The van der Waals surface area contributed by atoms with E-state index >= 15 is 0 Å². The maximum absolute atomic E-state index is 13.0. The zero-order chi connectivity index (χ0) is 23.1. The lowest BCUT2D eigenvalue weighted by atomic mass is 9.76. The number of hydrogen-bond acceptors (Lipinski definition) is 4. The van der Waals surface area contributed by atoms with Crippen LogP contribution in [0, 0.1) is 11.8 Å². The lowest BCUT2D eigenvalue weighted by Crippen LogP contribution is -2.47. The van der Waals surface area contributed by atoms with Crippen LogP contribution in [0.2, 0.25) is 0 Å². The van der Waals surface area contributed by atoms with Crippen LogP contribution in [0.5, 0.6) is 0 Å². The summed E-state index contributed by atoms with van der Waals surface area (Å²) in [5.74, 6) is 2.66. The first kappa shape index (κ1) is 23.9. The third-order valence-corrected chi connectivity index (χ3v) is 6.52. The van der Waals surface area contributed by atoms with Gasteiger partial charge in [0.1, 0.15) is 17.3 Å². The Kier molecular flexibility index (Phi) is 8.37. The van der Waals surface area contributed by atoms with Gasteiger partial charge in [-0.2, -0.15) is 0 Å². The second-order valence-electron chi connectivity index (χ2n) is 8.87. The van der Waals surface area contributed by atoms with Gasteiger partial charge in [0.25, 0.3) is 0 Å². The lowest BCUT2D eigenvalue weighted by Gasteiger charge is -2.35. The van der Waals surface area contributed by atoms with E-state index in [1.54, 1.807) is 25.3 Å². The van der Waals surface area contributed by atoms with E-state index in [0.29, 0.717) is 42.9 Å². The molecule has 0 N–H and O–H groups in total. The van der Waals surface area contributed by atoms with Crippen molar-refractivity contribution >= 4 is 11.8 Å². The van der Waals surface area contributed by atoms with Crippen molar-refractivity contribution < 1.29 is 19.1 Å². The molecule has 0 aromatic carbocycles. The first-order chi connectivity index (χ1) is 15.4. The third kappa shape index (κ3) is 5.93. The van der Waals surface area contributed by atoms with Crippen LogP contribution in [-0.2, 0) is 14.3 Å². The number of rotatable bonds is 8. The van der Waals surface area contributed by atoms with Crippen molar-refractivity contribution in [2.24, 2.45) is 11.8 Å². The molecular formula is C26H36N2O4. The number of urea groups is 1. The molecule has 2 amide bonds. The molecule has 1 aliphatic heterocycles. The first-order valence-corrected chi connectivity index (χ1v) is 11.5. The molecule has 6 heteroatoms. The van der Waals surface area contributed by atoms with Gasteiger partial charge in [-0.3, -0.25) is 4.79 Å². The van der Waals surface area contributed by atoms with Crippen molar-refractivity contribution in [3.63, 3.8) is 0 Å². The van der Waals surface area contributed by atoms with Crippen molar-refractivity contribution in [2.75, 3.05) is 33.9 Å². The maximum atomic E-state index is 13.0. The fourth-order valence-electron chi connectivity index (χ4n) is 4.76. The predicted octanol–water partition coefficient (Wildman–Crippen LogP) is 4.97. The van der Waals surface area contributed by atoms with Crippen LogP contribution in [0.4, 0.5) is 4.79 Å². The van der Waals surface area contributed by atoms with Crippen LogP contribution >= 0.6 is 0 Å². The van der Waals surface area contributed by atoms with Gasteiger partial charge in [-0.15, -0.1) is 0 Å². The monoisotopic (exact) mass is 440 g/mol. The highest BCUT2D eigenvalue weighted by Crippen LogP contribution is 2.36. The SMILES string of the molecule is C=C(C)/C(=C\C=C\N1CCCN(CC2=CCC(C3CCCC(=O)C3)C=C2OC)C1=O)OC. The van der Waals surface area contributed by atoms with E-state index in [0.717, 1.165) is 55.6 Å². The minimum atomic E-state index is -0.00783. The molecule has 3 rings (SSSR count). The van der Waals surface area contributed by atoms with Crippen molar-refractivity contribution in [3.8, 4) is 0 Å². The summed E-state index contributed by atoms with van der Waals surface area (Å²) < 4.78 is 11.0. The Hall–Kier alpha value is -2.76. The Morgan fingerprint density at radius 2 is 2.06 bits per heavy atom. The average Bonchev–Trinajstić information content (AvgIpc) is 2.79. The van der Waals surface area contributed by atoms with Gasteiger partial charge in [0, 0.05) is 37.7 Å². The van der Waals surface area contributed by atoms with E-state index in [1.807, 2.05) is 24.0 Å². The highest BCUT2D eigenvalue weighted by atomic mass is 16.5. The molecule has 1 heterocycles. The van der Waals surface area contributed by atoms with Gasteiger partial charge in [-0.05, 0) is 68.2 Å². The summed E-state index contributed by atoms with van der Waals surface area (Å²) >= 11 is 0. The predicted molar refractivity (Wildman–Crippen MR) is 126 cm³/mol. The highest BCUT2D eigenvalue weighted by molar-refractivity contribution is 5.79. The molecule has 0 spiro atoms. The van der Waals surface area contributed by atoms with Crippen molar-refractivity contribution in [1.82, 2.24) is 9.80 Å². The third-order valence-electron chi connectivity index (χ3n) is 6.52. The standard InChI is InChI=1S/C26H36N2O4/c1-19(2)24(31-3)10-6-13-27-14-7-15-28(26(27)30)18-22-12-11-21(17-25(22)32-4)20-8-5-9-23(29)16-20/h6,10,12-13,17,20-21H,1,5,7-9,11,14-16,18H2,2-4H3/b13-6+,24-10+. The number of carbonyl (C=O) groups is 2. The Morgan fingerprint density at radius 3 is 2.75 bits per heavy atom. The van der Waals surface area contributed by atoms with Crippen molar-refractivity contribution in [3.05, 3.63) is 59.7 Å². The molecule has 0 bridgehead atoms. The van der Waals surface area contributed by atoms with Gasteiger partial charge in [0.15, 0.2) is 0 Å². The number of hydrogen-bond donors (Lipinski definition) is 0. The summed E-state index contributed by atoms with van der Waals surface area (Å²) in [6, 6.07) is -0.00783. The van der Waals surface area contributed by atoms with Crippen LogP contribution in [0.15, 0.2) is 59.7 Å². The summed E-state index contributed by atoms with van der Waals surface area (Å²) in [6.07, 6.45) is 15.1. The van der Waals surface area contributed by atoms with Crippen molar-refractivity contribution in [2.45, 2.75) is 45.4 Å². The molecule has 2 fully saturated rings. The largest absolute Gasteiger partial charge is 0.497 e. The molecule has 1 saturated carbocycles. The maximum Gasteiger partial charge on any atom is 0.324 e. The van der Waals surface area contributed by atoms with Gasteiger partial charge < -0.3 is 19.3 Å². The Morgan fingerprint density at radius 1 is 1.25 bits per heavy atom. The molecule has 0 aromatic rings. The average molecular weight is 441 g/mol. The number of methoxy groups -OCH3 is 2. The highest BCUT2D eigenvalue weighted by Gasteiger charge is 2.30. The summed E-state index contributed by atoms with van der Waals surface area (Å²) in [5.41, 5.74) is 1.89. The molecule has 0 aromatic heterocycles. The van der Waals surface area contributed by atoms with Crippen LogP contribution in [-0.4, -0.2) is 55.5 Å². The van der Waals surface area contributed by atoms with Crippen LogP contribution in [0.3, 0.4) is 0 Å². The number of carbonyl (C=O) groups excluding carboxylic acids is 2. The Balaban J connectivity index is 1.63. The molecule has 2 atom stereocenters. The Labute approximate surface area is 191 Å². The lowest BCUT2D eigenvalue weighted by molar-refractivity contribution is -0.121. The van der Waals surface area contributed by atoms with E-state index < -0.39 is 0 Å². The smallest absolute Gasteiger partial charge is 0.324 e. The van der Waals surface area contributed by atoms with E-state index in [4.69, 9.17) is 9.47 Å². The number of ether oxygens (including phenoxy) is 2.